The van der Waals surface area contributed by atoms with E-state index in [-0.39, 0.29) is 17.9 Å². The molecular weight excluding hydrogens is 512 g/mol. The number of carbonyl (C=O) groups excluding carboxylic acids is 2. The molecule has 4 rings (SSSR count). The molecule has 0 radical (unpaired) electrons. The van der Waals surface area contributed by atoms with Crippen molar-refractivity contribution in [2.24, 2.45) is 0 Å². The molecule has 5 heteroatoms. The highest BCUT2D eigenvalue weighted by molar-refractivity contribution is 9.10. The van der Waals surface area contributed by atoms with Gasteiger partial charge in [0.25, 0.3) is 0 Å². The number of halogens is 1. The van der Waals surface area contributed by atoms with E-state index < -0.39 is 6.04 Å². The third-order valence-electron chi connectivity index (χ3n) is 6.99. The maximum Gasteiger partial charge on any atom is 0.243 e. The largest absolute Gasteiger partial charge is 0.352 e. The predicted octanol–water partition coefficient (Wildman–Crippen LogP) is 6.39. The number of hydrogen-bond donors (Lipinski definition) is 1. The molecular formula is C31H35BrN2O2. The average Bonchev–Trinajstić information content (AvgIpc) is 3.40. The van der Waals surface area contributed by atoms with Crippen LogP contribution in [0.3, 0.4) is 0 Å². The summed E-state index contributed by atoms with van der Waals surface area (Å²) in [5.74, 6) is -0.0486. The first kappa shape index (κ1) is 26.2. The van der Waals surface area contributed by atoms with E-state index in [0.717, 1.165) is 46.8 Å². The van der Waals surface area contributed by atoms with E-state index in [4.69, 9.17) is 0 Å². The first-order chi connectivity index (χ1) is 17.5. The van der Waals surface area contributed by atoms with Gasteiger partial charge in [-0.3, -0.25) is 9.59 Å². The molecule has 0 aromatic heterocycles. The van der Waals surface area contributed by atoms with Crippen LogP contribution in [0.5, 0.6) is 0 Å². The third-order valence-corrected chi connectivity index (χ3v) is 7.52. The van der Waals surface area contributed by atoms with Crippen LogP contribution in [-0.2, 0) is 29.0 Å². The Morgan fingerprint density at radius 1 is 0.889 bits per heavy atom. The summed E-state index contributed by atoms with van der Waals surface area (Å²) < 4.78 is 0.989. The molecule has 1 aliphatic carbocycles. The van der Waals surface area contributed by atoms with Gasteiger partial charge in [0.2, 0.25) is 11.8 Å². The smallest absolute Gasteiger partial charge is 0.243 e. The molecule has 1 saturated carbocycles. The molecule has 0 saturated heterocycles. The van der Waals surface area contributed by atoms with Crippen LogP contribution in [0.4, 0.5) is 0 Å². The quantitative estimate of drug-likeness (QED) is 0.320. The lowest BCUT2D eigenvalue weighted by molar-refractivity contribution is -0.141. The summed E-state index contributed by atoms with van der Waals surface area (Å²) in [7, 11) is 0. The molecule has 1 aliphatic rings. The molecule has 3 aromatic carbocycles. The highest BCUT2D eigenvalue weighted by Gasteiger charge is 2.32. The topological polar surface area (TPSA) is 49.4 Å². The van der Waals surface area contributed by atoms with Crippen LogP contribution >= 0.6 is 15.9 Å². The van der Waals surface area contributed by atoms with Crippen molar-refractivity contribution in [3.8, 4) is 0 Å². The molecule has 188 valence electrons. The second kappa shape index (κ2) is 12.9. The van der Waals surface area contributed by atoms with Gasteiger partial charge in [-0.2, -0.15) is 0 Å². The van der Waals surface area contributed by atoms with Crippen molar-refractivity contribution in [1.29, 1.82) is 0 Å². The fourth-order valence-electron chi connectivity index (χ4n) is 4.86. The normalized spacial score (nSPS) is 14.4. The number of carbonyl (C=O) groups is 2. The molecule has 1 fully saturated rings. The van der Waals surface area contributed by atoms with E-state index >= 15 is 0 Å². The molecule has 0 spiro atoms. The Hall–Kier alpha value is -2.92. The number of rotatable bonds is 10. The lowest BCUT2D eigenvalue weighted by Crippen LogP contribution is -2.52. The first-order valence-corrected chi connectivity index (χ1v) is 13.7. The van der Waals surface area contributed by atoms with Crippen LogP contribution < -0.4 is 5.32 Å². The second-order valence-corrected chi connectivity index (χ2v) is 10.7. The lowest BCUT2D eigenvalue weighted by atomic mass is 10.0. The summed E-state index contributed by atoms with van der Waals surface area (Å²) in [4.78, 5) is 29.3. The highest BCUT2D eigenvalue weighted by Crippen LogP contribution is 2.21. The van der Waals surface area contributed by atoms with E-state index in [2.05, 4.69) is 52.4 Å². The summed E-state index contributed by atoms with van der Waals surface area (Å²) in [5, 5.41) is 3.27. The Balaban J connectivity index is 1.59. The molecule has 0 heterocycles. The number of nitrogens with zero attached hydrogens (tertiary/aromatic N) is 1. The van der Waals surface area contributed by atoms with Crippen LogP contribution in [0.1, 0.15) is 54.4 Å². The summed E-state index contributed by atoms with van der Waals surface area (Å²) in [6, 6.07) is 25.9. The molecule has 0 bridgehead atoms. The Morgan fingerprint density at radius 2 is 1.53 bits per heavy atom. The molecule has 0 unspecified atom stereocenters. The van der Waals surface area contributed by atoms with Crippen LogP contribution in [0.15, 0.2) is 83.3 Å². The van der Waals surface area contributed by atoms with Crippen molar-refractivity contribution in [2.75, 3.05) is 0 Å². The highest BCUT2D eigenvalue weighted by atomic mass is 79.9. The minimum atomic E-state index is -0.567. The molecule has 0 aliphatic heterocycles. The van der Waals surface area contributed by atoms with Gasteiger partial charge in [0.05, 0.1) is 0 Å². The van der Waals surface area contributed by atoms with Gasteiger partial charge in [-0.15, -0.1) is 0 Å². The summed E-state index contributed by atoms with van der Waals surface area (Å²) in [6.07, 6.45) is 5.82. The van der Waals surface area contributed by atoms with E-state index in [1.54, 1.807) is 4.90 Å². The van der Waals surface area contributed by atoms with Crippen LogP contribution in [0.2, 0.25) is 0 Å². The fraction of sp³-hybridized carbons (Fsp3) is 0.355. The molecule has 36 heavy (non-hydrogen) atoms. The number of benzene rings is 3. The Kier molecular flexibility index (Phi) is 9.35. The van der Waals surface area contributed by atoms with Gasteiger partial charge >= 0.3 is 0 Å². The predicted molar refractivity (Wildman–Crippen MR) is 149 cm³/mol. The van der Waals surface area contributed by atoms with E-state index in [0.29, 0.717) is 25.8 Å². The average molecular weight is 548 g/mol. The van der Waals surface area contributed by atoms with Gasteiger partial charge in [0.1, 0.15) is 6.04 Å². The van der Waals surface area contributed by atoms with Crippen molar-refractivity contribution in [2.45, 2.75) is 70.5 Å². The SMILES string of the molecule is Cc1ccc(CCC(=O)N(Cc2ccc(Br)cc2)[C@@H](Cc2ccccc2)C(=O)NC2CCCC2)cc1. The fourth-order valence-corrected chi connectivity index (χ4v) is 5.12. The minimum absolute atomic E-state index is 0.000923. The monoisotopic (exact) mass is 546 g/mol. The summed E-state index contributed by atoms with van der Waals surface area (Å²) >= 11 is 3.50. The summed E-state index contributed by atoms with van der Waals surface area (Å²) in [5.41, 5.74) is 4.39. The number of hydrogen-bond acceptors (Lipinski definition) is 2. The second-order valence-electron chi connectivity index (χ2n) is 9.83. The van der Waals surface area contributed by atoms with Crippen LogP contribution in [0.25, 0.3) is 0 Å². The maximum atomic E-state index is 13.8. The van der Waals surface area contributed by atoms with E-state index in [9.17, 15) is 9.59 Å². The van der Waals surface area contributed by atoms with Gasteiger partial charge in [-0.25, -0.2) is 0 Å². The maximum absolute atomic E-state index is 13.8. The lowest BCUT2D eigenvalue weighted by Gasteiger charge is -2.32. The Labute approximate surface area is 223 Å². The minimum Gasteiger partial charge on any atom is -0.352 e. The third kappa shape index (κ3) is 7.54. The zero-order chi connectivity index (χ0) is 25.3. The molecule has 1 atom stereocenters. The van der Waals surface area contributed by atoms with Crippen molar-refractivity contribution in [3.05, 3.63) is 106 Å². The number of amides is 2. The van der Waals surface area contributed by atoms with Crippen LogP contribution in [-0.4, -0.2) is 28.8 Å². The van der Waals surface area contributed by atoms with Crippen molar-refractivity contribution in [3.63, 3.8) is 0 Å². The molecule has 2 amide bonds. The number of aryl methyl sites for hydroxylation is 2. The van der Waals surface area contributed by atoms with Crippen molar-refractivity contribution in [1.82, 2.24) is 10.2 Å². The Bertz CT molecular complexity index is 1120. The van der Waals surface area contributed by atoms with Gasteiger partial charge in [0.15, 0.2) is 0 Å². The van der Waals surface area contributed by atoms with Gasteiger partial charge in [-0.1, -0.05) is 101 Å². The molecule has 4 nitrogen and oxygen atoms in total. The van der Waals surface area contributed by atoms with Gasteiger partial charge < -0.3 is 10.2 Å². The zero-order valence-corrected chi connectivity index (χ0v) is 22.5. The number of nitrogens with one attached hydrogen (secondary N) is 1. The van der Waals surface area contributed by atoms with Crippen molar-refractivity contribution < 1.29 is 9.59 Å². The van der Waals surface area contributed by atoms with Crippen molar-refractivity contribution >= 4 is 27.7 Å². The van der Waals surface area contributed by atoms with Crippen LogP contribution in [0, 0.1) is 6.92 Å². The molecule has 3 aromatic rings. The van der Waals surface area contributed by atoms with E-state index in [1.165, 1.54) is 5.56 Å². The standard InChI is InChI=1S/C31H35BrN2O2/c1-23-11-13-24(14-12-23)17-20-30(35)34(22-26-15-18-27(32)19-16-26)29(21-25-7-3-2-4-8-25)31(36)33-28-9-5-6-10-28/h2-4,7-8,11-16,18-19,28-29H,5-6,9-10,17,20-22H2,1H3,(H,33,36)/t29-/m0/s1. The first-order valence-electron chi connectivity index (χ1n) is 12.9. The molecule has 1 N–H and O–H groups in total. The summed E-state index contributed by atoms with van der Waals surface area (Å²) in [6.45, 7) is 2.46. The van der Waals surface area contributed by atoms with Gasteiger partial charge in [0, 0.05) is 29.9 Å². The van der Waals surface area contributed by atoms with Gasteiger partial charge in [-0.05, 0) is 55.0 Å². The van der Waals surface area contributed by atoms with E-state index in [1.807, 2.05) is 54.6 Å². The zero-order valence-electron chi connectivity index (χ0n) is 21.0. The Morgan fingerprint density at radius 3 is 2.19 bits per heavy atom.